The van der Waals surface area contributed by atoms with Crippen molar-refractivity contribution < 1.29 is 9.32 Å². The van der Waals surface area contributed by atoms with Crippen LogP contribution in [-0.4, -0.2) is 32.3 Å². The predicted molar refractivity (Wildman–Crippen MR) is 102 cm³/mol. The molecule has 27 heavy (non-hydrogen) atoms. The zero-order valence-corrected chi connectivity index (χ0v) is 15.6. The highest BCUT2D eigenvalue weighted by atomic mass is 16.5. The fraction of sp³-hybridized carbons (Fsp3) is 0.368. The molecule has 0 saturated carbocycles. The first-order chi connectivity index (χ1) is 13.2. The standard InChI is InChI=1S/C19H24N6O2/c1-3-16-23-18(27-24-16)14-8-5-6-9-15(14)22-19(26)21-10-7-12-25-13-11-20-17(25)4-2/h5-6,8-9,11,13H,3-4,7,10,12H2,1-2H3,(H2,21,22,26). The minimum Gasteiger partial charge on any atom is -0.338 e. The van der Waals surface area contributed by atoms with Crippen LogP contribution in [0.15, 0.2) is 41.2 Å². The molecule has 0 saturated heterocycles. The van der Waals surface area contributed by atoms with Crippen molar-refractivity contribution in [1.29, 1.82) is 0 Å². The van der Waals surface area contributed by atoms with E-state index in [4.69, 9.17) is 4.52 Å². The van der Waals surface area contributed by atoms with Gasteiger partial charge in [0.2, 0.25) is 0 Å². The molecule has 0 atom stereocenters. The Morgan fingerprint density at radius 1 is 1.22 bits per heavy atom. The maximum Gasteiger partial charge on any atom is 0.319 e. The van der Waals surface area contributed by atoms with Crippen LogP contribution in [-0.2, 0) is 19.4 Å². The number of para-hydroxylation sites is 1. The van der Waals surface area contributed by atoms with E-state index in [1.54, 1.807) is 6.20 Å². The van der Waals surface area contributed by atoms with Gasteiger partial charge in [-0.15, -0.1) is 0 Å². The van der Waals surface area contributed by atoms with Gasteiger partial charge in [0.1, 0.15) is 5.82 Å². The Morgan fingerprint density at radius 3 is 2.85 bits per heavy atom. The minimum atomic E-state index is -0.265. The van der Waals surface area contributed by atoms with E-state index in [0.717, 1.165) is 25.2 Å². The quantitative estimate of drug-likeness (QED) is 0.595. The molecule has 0 unspecified atom stereocenters. The second-order valence-corrected chi connectivity index (χ2v) is 6.04. The molecule has 0 aliphatic carbocycles. The van der Waals surface area contributed by atoms with E-state index in [1.807, 2.05) is 37.4 Å². The second-order valence-electron chi connectivity index (χ2n) is 6.04. The number of carbonyl (C=O) groups is 1. The first-order valence-electron chi connectivity index (χ1n) is 9.18. The number of amides is 2. The van der Waals surface area contributed by atoms with Crippen LogP contribution in [0, 0.1) is 0 Å². The number of urea groups is 1. The van der Waals surface area contributed by atoms with Gasteiger partial charge in [0.05, 0.1) is 11.3 Å². The Morgan fingerprint density at radius 2 is 2.07 bits per heavy atom. The molecule has 142 valence electrons. The molecule has 0 aliphatic heterocycles. The number of anilines is 1. The van der Waals surface area contributed by atoms with E-state index < -0.39 is 0 Å². The van der Waals surface area contributed by atoms with Gasteiger partial charge < -0.3 is 19.7 Å². The zero-order valence-electron chi connectivity index (χ0n) is 15.6. The van der Waals surface area contributed by atoms with Crippen molar-refractivity contribution in [2.45, 2.75) is 39.7 Å². The van der Waals surface area contributed by atoms with Crippen molar-refractivity contribution >= 4 is 11.7 Å². The number of nitrogens with one attached hydrogen (secondary N) is 2. The summed E-state index contributed by atoms with van der Waals surface area (Å²) in [6.07, 6.45) is 6.17. The molecular weight excluding hydrogens is 344 g/mol. The molecule has 2 N–H and O–H groups in total. The van der Waals surface area contributed by atoms with Crippen molar-refractivity contribution in [3.05, 3.63) is 48.3 Å². The van der Waals surface area contributed by atoms with Gasteiger partial charge in [-0.2, -0.15) is 4.98 Å². The monoisotopic (exact) mass is 368 g/mol. The van der Waals surface area contributed by atoms with E-state index >= 15 is 0 Å². The molecule has 8 nitrogen and oxygen atoms in total. The van der Waals surface area contributed by atoms with Crippen molar-refractivity contribution in [3.8, 4) is 11.5 Å². The molecule has 2 amide bonds. The van der Waals surface area contributed by atoms with Crippen molar-refractivity contribution in [3.63, 3.8) is 0 Å². The van der Waals surface area contributed by atoms with Crippen molar-refractivity contribution in [2.75, 3.05) is 11.9 Å². The number of rotatable bonds is 8. The lowest BCUT2D eigenvalue weighted by atomic mass is 10.2. The number of imidazole rings is 1. The number of aryl methyl sites for hydroxylation is 3. The first kappa shape index (κ1) is 18.6. The number of carbonyl (C=O) groups excluding carboxylic acids is 1. The third kappa shape index (κ3) is 4.72. The minimum absolute atomic E-state index is 0.265. The summed E-state index contributed by atoms with van der Waals surface area (Å²) in [7, 11) is 0. The first-order valence-corrected chi connectivity index (χ1v) is 9.18. The van der Waals surface area contributed by atoms with Crippen molar-refractivity contribution in [1.82, 2.24) is 25.0 Å². The Balaban J connectivity index is 1.53. The van der Waals surface area contributed by atoms with Crippen LogP contribution in [0.1, 0.15) is 31.9 Å². The average Bonchev–Trinajstić information content (AvgIpc) is 3.34. The highest BCUT2D eigenvalue weighted by molar-refractivity contribution is 5.93. The van der Waals surface area contributed by atoms with E-state index in [9.17, 15) is 4.79 Å². The summed E-state index contributed by atoms with van der Waals surface area (Å²) in [5.74, 6) is 2.09. The summed E-state index contributed by atoms with van der Waals surface area (Å²) >= 11 is 0. The van der Waals surface area contributed by atoms with Gasteiger partial charge in [-0.05, 0) is 18.6 Å². The lowest BCUT2D eigenvalue weighted by molar-refractivity contribution is 0.252. The predicted octanol–water partition coefficient (Wildman–Crippen LogP) is 3.27. The number of hydrogen-bond donors (Lipinski definition) is 2. The molecule has 0 bridgehead atoms. The Labute approximate surface area is 158 Å². The fourth-order valence-electron chi connectivity index (χ4n) is 2.76. The summed E-state index contributed by atoms with van der Waals surface area (Å²) in [6.45, 7) is 5.42. The normalized spacial score (nSPS) is 10.7. The summed E-state index contributed by atoms with van der Waals surface area (Å²) in [6, 6.07) is 7.10. The Hall–Kier alpha value is -3.16. The third-order valence-corrected chi connectivity index (χ3v) is 4.17. The molecular formula is C19H24N6O2. The maximum absolute atomic E-state index is 12.2. The van der Waals surface area contributed by atoms with Gasteiger partial charge in [-0.1, -0.05) is 31.1 Å². The van der Waals surface area contributed by atoms with Gasteiger partial charge in [-0.3, -0.25) is 0 Å². The van der Waals surface area contributed by atoms with Gasteiger partial charge in [0, 0.05) is 38.3 Å². The highest BCUT2D eigenvalue weighted by Crippen LogP contribution is 2.26. The third-order valence-electron chi connectivity index (χ3n) is 4.17. The lowest BCUT2D eigenvalue weighted by Gasteiger charge is -2.11. The van der Waals surface area contributed by atoms with Crippen LogP contribution in [0.4, 0.5) is 10.5 Å². The highest BCUT2D eigenvalue weighted by Gasteiger charge is 2.13. The molecule has 3 aromatic rings. The molecule has 0 aliphatic rings. The zero-order chi connectivity index (χ0) is 19.1. The second kappa shape index (κ2) is 8.98. The topological polar surface area (TPSA) is 97.9 Å². The van der Waals surface area contributed by atoms with Gasteiger partial charge in [-0.25, -0.2) is 9.78 Å². The molecule has 0 spiro atoms. The molecule has 1 aromatic carbocycles. The van der Waals surface area contributed by atoms with Gasteiger partial charge >= 0.3 is 6.03 Å². The number of nitrogens with zero attached hydrogens (tertiary/aromatic N) is 4. The fourth-order valence-corrected chi connectivity index (χ4v) is 2.76. The summed E-state index contributed by atoms with van der Waals surface area (Å²) in [4.78, 5) is 20.9. The van der Waals surface area contributed by atoms with Crippen molar-refractivity contribution in [2.24, 2.45) is 0 Å². The molecule has 8 heteroatoms. The number of aromatic nitrogens is 4. The van der Waals surface area contributed by atoms with Gasteiger partial charge in [0.15, 0.2) is 5.82 Å². The number of hydrogen-bond acceptors (Lipinski definition) is 5. The van der Waals surface area contributed by atoms with Crippen LogP contribution in [0.25, 0.3) is 11.5 Å². The molecule has 3 rings (SSSR count). The summed E-state index contributed by atoms with van der Waals surface area (Å²) < 4.78 is 7.39. The average molecular weight is 368 g/mol. The Kier molecular flexibility index (Phi) is 6.19. The maximum atomic E-state index is 12.2. The molecule has 0 radical (unpaired) electrons. The van der Waals surface area contributed by atoms with E-state index in [-0.39, 0.29) is 6.03 Å². The SMILES string of the molecule is CCc1noc(-c2ccccc2NC(=O)NCCCn2ccnc2CC)n1. The summed E-state index contributed by atoms with van der Waals surface area (Å²) in [5, 5.41) is 9.64. The smallest absolute Gasteiger partial charge is 0.319 e. The van der Waals surface area contributed by atoms with Crippen LogP contribution in [0.5, 0.6) is 0 Å². The van der Waals surface area contributed by atoms with E-state index in [1.165, 1.54) is 0 Å². The van der Waals surface area contributed by atoms with Crippen LogP contribution in [0.3, 0.4) is 0 Å². The van der Waals surface area contributed by atoms with E-state index in [0.29, 0.717) is 35.9 Å². The molecule has 2 heterocycles. The number of benzene rings is 1. The molecule has 0 fully saturated rings. The molecule has 2 aromatic heterocycles. The largest absolute Gasteiger partial charge is 0.338 e. The van der Waals surface area contributed by atoms with Gasteiger partial charge in [0.25, 0.3) is 5.89 Å². The van der Waals surface area contributed by atoms with Crippen LogP contribution < -0.4 is 10.6 Å². The van der Waals surface area contributed by atoms with Crippen LogP contribution in [0.2, 0.25) is 0 Å². The lowest BCUT2D eigenvalue weighted by Crippen LogP contribution is -2.30. The van der Waals surface area contributed by atoms with Crippen LogP contribution >= 0.6 is 0 Å². The van der Waals surface area contributed by atoms with E-state index in [2.05, 4.69) is 37.2 Å². The Bertz CT molecular complexity index is 886. The summed E-state index contributed by atoms with van der Waals surface area (Å²) in [5.41, 5.74) is 1.33.